The van der Waals surface area contributed by atoms with E-state index in [1.165, 1.54) is 4.90 Å². The van der Waals surface area contributed by atoms with E-state index in [0.717, 1.165) is 28.1 Å². The molecule has 0 fully saturated rings. The molecule has 0 spiro atoms. The molecule has 0 saturated heterocycles. The van der Waals surface area contributed by atoms with Gasteiger partial charge in [-0.1, -0.05) is 18.2 Å². The Bertz CT molecular complexity index is 1140. The van der Waals surface area contributed by atoms with E-state index in [0.29, 0.717) is 17.7 Å². The van der Waals surface area contributed by atoms with Crippen molar-refractivity contribution in [2.24, 2.45) is 0 Å². The van der Waals surface area contributed by atoms with Gasteiger partial charge in [0.05, 0.1) is 11.3 Å². The summed E-state index contributed by atoms with van der Waals surface area (Å²) in [6, 6.07) is 9.88. The average Bonchev–Trinajstić information content (AvgIpc) is 3.11. The van der Waals surface area contributed by atoms with Gasteiger partial charge in [0.1, 0.15) is 5.60 Å². The average molecular weight is 418 g/mol. The number of pyridine rings is 1. The minimum Gasteiger partial charge on any atom is -0.443 e. The number of nitrogens with zero attached hydrogens (tertiary/aromatic N) is 2. The highest BCUT2D eigenvalue weighted by atomic mass is 16.6. The largest absolute Gasteiger partial charge is 0.443 e. The lowest BCUT2D eigenvalue weighted by atomic mass is 10.0. The number of aryl methyl sites for hydroxylation is 1. The number of aromatic amines is 1. The Morgan fingerprint density at radius 3 is 2.68 bits per heavy atom. The van der Waals surface area contributed by atoms with Gasteiger partial charge in [-0.15, -0.1) is 0 Å². The molecule has 0 saturated carbocycles. The van der Waals surface area contributed by atoms with Crippen molar-refractivity contribution in [3.63, 3.8) is 0 Å². The monoisotopic (exact) mass is 418 g/mol. The number of hydrogen-bond acceptors (Lipinski definition) is 5. The predicted octanol–water partition coefficient (Wildman–Crippen LogP) is 5.06. The van der Waals surface area contributed by atoms with E-state index >= 15 is 0 Å². The second kappa shape index (κ2) is 7.91. The first-order valence-electron chi connectivity index (χ1n) is 10.3. The third-order valence-electron chi connectivity index (χ3n) is 5.13. The van der Waals surface area contributed by atoms with Gasteiger partial charge in [0.2, 0.25) is 0 Å². The minimum absolute atomic E-state index is 0.285. The standard InChI is InChI=1S/C24H26N4O3/c1-15-13-25-11-9-16(15)17-7-5-6-8-18(17)27-20-14-26-19-10-12-28(22(29)21(19)20)23(30)31-24(2,3)4/h5-9,11,13-14,26-27H,10,12H2,1-4H3. The number of carbonyl (C=O) groups is 2. The molecule has 1 aliphatic rings. The number of para-hydroxylation sites is 1. The molecule has 7 nitrogen and oxygen atoms in total. The van der Waals surface area contributed by atoms with E-state index < -0.39 is 11.7 Å². The molecule has 1 aromatic carbocycles. The summed E-state index contributed by atoms with van der Waals surface area (Å²) < 4.78 is 5.42. The second-order valence-corrected chi connectivity index (χ2v) is 8.60. The maximum Gasteiger partial charge on any atom is 0.417 e. The van der Waals surface area contributed by atoms with Crippen LogP contribution in [0.3, 0.4) is 0 Å². The number of fused-ring (bicyclic) bond motifs is 1. The van der Waals surface area contributed by atoms with Gasteiger partial charge < -0.3 is 15.0 Å². The van der Waals surface area contributed by atoms with Crippen LogP contribution in [0.1, 0.15) is 42.4 Å². The van der Waals surface area contributed by atoms with Gasteiger partial charge in [-0.3, -0.25) is 9.78 Å². The molecule has 4 rings (SSSR count). The number of carbonyl (C=O) groups excluding carboxylic acids is 2. The van der Waals surface area contributed by atoms with Gasteiger partial charge in [0.25, 0.3) is 5.91 Å². The summed E-state index contributed by atoms with van der Waals surface area (Å²) in [5.41, 5.74) is 5.23. The topological polar surface area (TPSA) is 87.3 Å². The van der Waals surface area contributed by atoms with Crippen LogP contribution < -0.4 is 5.32 Å². The number of imide groups is 1. The summed E-state index contributed by atoms with van der Waals surface area (Å²) in [4.78, 5) is 34.3. The van der Waals surface area contributed by atoms with E-state index in [-0.39, 0.29) is 12.5 Å². The van der Waals surface area contributed by atoms with E-state index in [1.54, 1.807) is 33.2 Å². The zero-order chi connectivity index (χ0) is 22.2. The van der Waals surface area contributed by atoms with Gasteiger partial charge >= 0.3 is 6.09 Å². The first-order valence-corrected chi connectivity index (χ1v) is 10.3. The third-order valence-corrected chi connectivity index (χ3v) is 5.13. The van der Waals surface area contributed by atoms with E-state index in [2.05, 4.69) is 15.3 Å². The number of anilines is 2. The van der Waals surface area contributed by atoms with Crippen LogP contribution in [-0.4, -0.2) is 39.0 Å². The van der Waals surface area contributed by atoms with E-state index in [9.17, 15) is 9.59 Å². The molecule has 2 N–H and O–H groups in total. The van der Waals surface area contributed by atoms with Crippen molar-refractivity contribution in [2.75, 3.05) is 11.9 Å². The molecule has 0 bridgehead atoms. The summed E-state index contributed by atoms with van der Waals surface area (Å²) in [5.74, 6) is -0.364. The smallest absolute Gasteiger partial charge is 0.417 e. The summed E-state index contributed by atoms with van der Waals surface area (Å²) in [6.07, 6.45) is 5.29. The number of hydrogen-bond donors (Lipinski definition) is 2. The maximum absolute atomic E-state index is 13.2. The molecule has 160 valence electrons. The van der Waals surface area contributed by atoms with Crippen molar-refractivity contribution in [1.82, 2.24) is 14.9 Å². The van der Waals surface area contributed by atoms with Gasteiger partial charge in [-0.05, 0) is 51.0 Å². The van der Waals surface area contributed by atoms with Crippen LogP contribution in [0.2, 0.25) is 0 Å². The number of aromatic nitrogens is 2. The highest BCUT2D eigenvalue weighted by Crippen LogP contribution is 2.35. The molecule has 31 heavy (non-hydrogen) atoms. The Morgan fingerprint density at radius 2 is 1.94 bits per heavy atom. The molecule has 0 aliphatic carbocycles. The van der Waals surface area contributed by atoms with Crippen LogP contribution in [0.25, 0.3) is 11.1 Å². The molecule has 7 heteroatoms. The fraction of sp³-hybridized carbons (Fsp3) is 0.292. The van der Waals surface area contributed by atoms with Crippen LogP contribution in [-0.2, 0) is 11.2 Å². The Hall–Kier alpha value is -3.61. The number of amides is 2. The molecule has 2 amide bonds. The van der Waals surface area contributed by atoms with Crippen molar-refractivity contribution in [3.05, 3.63) is 65.7 Å². The fourth-order valence-electron chi connectivity index (χ4n) is 3.71. The van der Waals surface area contributed by atoms with Crippen LogP contribution in [0, 0.1) is 6.92 Å². The van der Waals surface area contributed by atoms with Crippen LogP contribution >= 0.6 is 0 Å². The zero-order valence-electron chi connectivity index (χ0n) is 18.2. The fourth-order valence-corrected chi connectivity index (χ4v) is 3.71. The summed E-state index contributed by atoms with van der Waals surface area (Å²) in [5, 5.41) is 3.39. The molecule has 0 radical (unpaired) electrons. The number of benzene rings is 1. The Labute approximate surface area is 181 Å². The molecule has 0 unspecified atom stereocenters. The maximum atomic E-state index is 13.2. The Kier molecular flexibility index (Phi) is 5.27. The van der Waals surface area contributed by atoms with Crippen LogP contribution in [0.5, 0.6) is 0 Å². The van der Waals surface area contributed by atoms with Crippen molar-refractivity contribution >= 4 is 23.4 Å². The molecular weight excluding hydrogens is 392 g/mol. The lowest BCUT2D eigenvalue weighted by molar-refractivity contribution is 0.0233. The van der Waals surface area contributed by atoms with Crippen LogP contribution in [0.15, 0.2) is 48.9 Å². The Balaban J connectivity index is 1.66. The summed E-state index contributed by atoms with van der Waals surface area (Å²) >= 11 is 0. The second-order valence-electron chi connectivity index (χ2n) is 8.60. The van der Waals surface area contributed by atoms with Crippen molar-refractivity contribution in [2.45, 2.75) is 39.7 Å². The number of rotatable bonds is 3. The predicted molar refractivity (Wildman–Crippen MR) is 119 cm³/mol. The lowest BCUT2D eigenvalue weighted by Gasteiger charge is -2.29. The van der Waals surface area contributed by atoms with E-state index in [4.69, 9.17) is 4.74 Å². The molecule has 1 aliphatic heterocycles. The quantitative estimate of drug-likeness (QED) is 0.621. The first-order chi connectivity index (χ1) is 14.7. The minimum atomic E-state index is -0.668. The normalized spacial score (nSPS) is 13.7. The molecule has 2 aromatic heterocycles. The van der Waals surface area contributed by atoms with Crippen LogP contribution in [0.4, 0.5) is 16.2 Å². The summed E-state index contributed by atoms with van der Waals surface area (Å²) in [7, 11) is 0. The number of H-pyrrole nitrogens is 1. The SMILES string of the molecule is Cc1cnccc1-c1ccccc1Nc1c[nH]c2c1C(=O)N(C(=O)OC(C)(C)C)CC2. The molecule has 3 aromatic rings. The van der Waals surface area contributed by atoms with Gasteiger partial charge in [-0.2, -0.15) is 0 Å². The highest BCUT2D eigenvalue weighted by molar-refractivity contribution is 6.09. The Morgan fingerprint density at radius 1 is 1.16 bits per heavy atom. The summed E-state index contributed by atoms with van der Waals surface area (Å²) in [6.45, 7) is 7.65. The van der Waals surface area contributed by atoms with Gasteiger partial charge in [-0.25, -0.2) is 9.69 Å². The van der Waals surface area contributed by atoms with E-state index in [1.807, 2.05) is 43.5 Å². The zero-order valence-corrected chi connectivity index (χ0v) is 18.2. The lowest BCUT2D eigenvalue weighted by Crippen LogP contribution is -2.44. The molecule has 3 heterocycles. The van der Waals surface area contributed by atoms with Gasteiger partial charge in [0, 0.05) is 48.5 Å². The number of ether oxygens (including phenoxy) is 1. The first kappa shape index (κ1) is 20.7. The molecular formula is C24H26N4O3. The van der Waals surface area contributed by atoms with Crippen molar-refractivity contribution in [3.8, 4) is 11.1 Å². The number of nitrogens with one attached hydrogen (secondary N) is 2. The molecule has 0 atom stereocenters. The van der Waals surface area contributed by atoms with Crippen molar-refractivity contribution in [1.29, 1.82) is 0 Å². The van der Waals surface area contributed by atoms with Gasteiger partial charge in [0.15, 0.2) is 0 Å². The third kappa shape index (κ3) is 4.17. The van der Waals surface area contributed by atoms with Crippen molar-refractivity contribution < 1.29 is 14.3 Å². The highest BCUT2D eigenvalue weighted by Gasteiger charge is 2.35.